The fourth-order valence-electron chi connectivity index (χ4n) is 4.72. The summed E-state index contributed by atoms with van der Waals surface area (Å²) in [6.07, 6.45) is 3.58. The Morgan fingerprint density at radius 1 is 0.840 bits per heavy atom. The maximum Gasteiger partial charge on any atom is 0.0729 e. The van der Waals surface area contributed by atoms with Crippen molar-refractivity contribution in [2.45, 2.75) is 25.8 Å². The molecule has 3 nitrogen and oxygen atoms in total. The zero-order valence-electron chi connectivity index (χ0n) is 15.1. The first-order chi connectivity index (χ1) is 12.2. The monoisotopic (exact) mass is 331 g/mol. The topological polar surface area (TPSA) is 11.4 Å². The fourth-order valence-corrected chi connectivity index (χ4v) is 4.72. The number of rotatable bonds is 0. The molecule has 3 heterocycles. The van der Waals surface area contributed by atoms with Crippen LogP contribution in [-0.4, -0.2) is 36.7 Å². The smallest absolute Gasteiger partial charge is 0.0729 e. The average molecular weight is 331 g/mol. The number of para-hydroxylation sites is 2. The van der Waals surface area contributed by atoms with Gasteiger partial charge in [-0.3, -0.25) is 0 Å². The third-order valence-corrected chi connectivity index (χ3v) is 6.02. The van der Waals surface area contributed by atoms with Gasteiger partial charge in [0.05, 0.1) is 11.2 Å². The zero-order chi connectivity index (χ0) is 17.0. The molecule has 0 spiro atoms. The first kappa shape index (κ1) is 15.0. The minimum absolute atomic E-state index is 0.985. The molecule has 1 aromatic heterocycles. The molecule has 0 bridgehead atoms. The van der Waals surface area contributed by atoms with E-state index in [9.17, 15) is 0 Å². The fraction of sp³-hybridized carbons (Fsp3) is 0.364. The molecule has 2 aliphatic heterocycles. The number of hydrogen-bond donors (Lipinski definition) is 0. The Labute approximate surface area is 149 Å². The van der Waals surface area contributed by atoms with E-state index >= 15 is 0 Å². The van der Waals surface area contributed by atoms with Crippen LogP contribution in [-0.2, 0) is 19.4 Å². The lowest BCUT2D eigenvalue weighted by atomic mass is 10.0. The van der Waals surface area contributed by atoms with Crippen LogP contribution < -0.4 is 4.90 Å². The predicted molar refractivity (Wildman–Crippen MR) is 105 cm³/mol. The van der Waals surface area contributed by atoms with Gasteiger partial charge in [0.15, 0.2) is 0 Å². The molecule has 128 valence electrons. The standard InChI is InChI=1S/C22H25N3/c1-23-13-6-11-20-17(12-14-23)18-8-5-10-21-22(18)25(20)15-16-7-3-4-9-19(16)24(21)2/h3-5,7-10H,6,11-15H2,1-2H3. The van der Waals surface area contributed by atoms with E-state index in [0.717, 1.165) is 19.5 Å². The summed E-state index contributed by atoms with van der Waals surface area (Å²) >= 11 is 0. The number of anilines is 2. The summed E-state index contributed by atoms with van der Waals surface area (Å²) in [5.41, 5.74) is 8.66. The first-order valence-corrected chi connectivity index (χ1v) is 9.37. The molecule has 0 atom stereocenters. The number of benzene rings is 2. The van der Waals surface area contributed by atoms with Crippen molar-refractivity contribution in [3.63, 3.8) is 0 Å². The Morgan fingerprint density at radius 2 is 1.68 bits per heavy atom. The van der Waals surface area contributed by atoms with Gasteiger partial charge in [0.2, 0.25) is 0 Å². The SMILES string of the molecule is CN1CCCc2c(c3cccc4c3n2Cc2ccccc2N4C)CC1. The van der Waals surface area contributed by atoms with E-state index in [1.165, 1.54) is 47.2 Å². The Kier molecular flexibility index (Phi) is 3.39. The quantitative estimate of drug-likeness (QED) is 0.612. The van der Waals surface area contributed by atoms with Crippen LogP contribution in [0.5, 0.6) is 0 Å². The van der Waals surface area contributed by atoms with Crippen molar-refractivity contribution in [3.8, 4) is 0 Å². The maximum absolute atomic E-state index is 2.62. The van der Waals surface area contributed by atoms with Crippen LogP contribution in [0.1, 0.15) is 23.2 Å². The minimum Gasteiger partial charge on any atom is -0.343 e. The van der Waals surface area contributed by atoms with Crippen LogP contribution in [0.25, 0.3) is 10.9 Å². The van der Waals surface area contributed by atoms with Crippen molar-refractivity contribution in [1.29, 1.82) is 0 Å². The Balaban J connectivity index is 1.80. The van der Waals surface area contributed by atoms with Gasteiger partial charge in [-0.15, -0.1) is 0 Å². The molecule has 2 aliphatic rings. The summed E-state index contributed by atoms with van der Waals surface area (Å²) in [5, 5.41) is 1.46. The molecule has 0 aliphatic carbocycles. The van der Waals surface area contributed by atoms with Crippen LogP contribution in [0.2, 0.25) is 0 Å². The molecule has 0 radical (unpaired) electrons. The molecule has 5 rings (SSSR count). The second kappa shape index (κ2) is 5.63. The second-order valence-electron chi connectivity index (χ2n) is 7.53. The van der Waals surface area contributed by atoms with Crippen LogP contribution in [0, 0.1) is 0 Å². The highest BCUT2D eigenvalue weighted by atomic mass is 15.2. The average Bonchev–Trinajstić information content (AvgIpc) is 2.83. The molecular formula is C22H25N3. The minimum atomic E-state index is 0.985. The highest BCUT2D eigenvalue weighted by Gasteiger charge is 2.25. The number of nitrogens with zero attached hydrogens (tertiary/aromatic N) is 3. The van der Waals surface area contributed by atoms with Gasteiger partial charge in [-0.25, -0.2) is 0 Å². The normalized spacial score (nSPS) is 17.6. The molecule has 2 aromatic carbocycles. The molecule has 3 heteroatoms. The molecule has 0 fully saturated rings. The van der Waals surface area contributed by atoms with Crippen LogP contribution >= 0.6 is 0 Å². The molecule has 0 saturated heterocycles. The van der Waals surface area contributed by atoms with Crippen molar-refractivity contribution in [1.82, 2.24) is 9.47 Å². The summed E-state index contributed by atoms with van der Waals surface area (Å²) < 4.78 is 2.62. The van der Waals surface area contributed by atoms with Crippen molar-refractivity contribution in [3.05, 3.63) is 59.3 Å². The lowest BCUT2D eigenvalue weighted by molar-refractivity contribution is 0.326. The summed E-state index contributed by atoms with van der Waals surface area (Å²) in [5.74, 6) is 0. The molecule has 0 unspecified atom stereocenters. The third kappa shape index (κ3) is 2.22. The molecule has 0 amide bonds. The molecular weight excluding hydrogens is 306 g/mol. The highest BCUT2D eigenvalue weighted by molar-refractivity contribution is 5.98. The van der Waals surface area contributed by atoms with E-state index in [2.05, 4.69) is 70.9 Å². The van der Waals surface area contributed by atoms with Gasteiger partial charge < -0.3 is 14.4 Å². The van der Waals surface area contributed by atoms with Gasteiger partial charge in [0, 0.05) is 36.9 Å². The predicted octanol–water partition coefficient (Wildman–Crippen LogP) is 4.19. The van der Waals surface area contributed by atoms with Crippen molar-refractivity contribution in [2.75, 3.05) is 32.1 Å². The van der Waals surface area contributed by atoms with Gasteiger partial charge in [0.1, 0.15) is 0 Å². The van der Waals surface area contributed by atoms with Crippen molar-refractivity contribution < 1.29 is 0 Å². The Morgan fingerprint density at radius 3 is 2.60 bits per heavy atom. The molecule has 3 aromatic rings. The van der Waals surface area contributed by atoms with E-state index in [1.807, 2.05) is 0 Å². The first-order valence-electron chi connectivity index (χ1n) is 9.37. The lowest BCUT2D eigenvalue weighted by Crippen LogP contribution is -2.25. The maximum atomic E-state index is 2.62. The van der Waals surface area contributed by atoms with Gasteiger partial charge in [0.25, 0.3) is 0 Å². The van der Waals surface area contributed by atoms with Gasteiger partial charge in [-0.1, -0.05) is 30.3 Å². The largest absolute Gasteiger partial charge is 0.343 e. The number of aromatic nitrogens is 1. The van der Waals surface area contributed by atoms with E-state index in [0.29, 0.717) is 0 Å². The van der Waals surface area contributed by atoms with Crippen LogP contribution in [0.4, 0.5) is 11.4 Å². The van der Waals surface area contributed by atoms with Gasteiger partial charge in [-0.05, 0) is 56.1 Å². The lowest BCUT2D eigenvalue weighted by Gasteiger charge is -2.22. The molecule has 25 heavy (non-hydrogen) atoms. The number of hydrogen-bond acceptors (Lipinski definition) is 2. The van der Waals surface area contributed by atoms with Gasteiger partial charge in [-0.2, -0.15) is 0 Å². The van der Waals surface area contributed by atoms with Crippen molar-refractivity contribution in [2.24, 2.45) is 0 Å². The molecule has 0 N–H and O–H groups in total. The van der Waals surface area contributed by atoms with E-state index < -0.39 is 0 Å². The summed E-state index contributed by atoms with van der Waals surface area (Å²) in [6, 6.07) is 15.7. The van der Waals surface area contributed by atoms with E-state index in [4.69, 9.17) is 0 Å². The Bertz CT molecular complexity index is 953. The molecule has 0 saturated carbocycles. The second-order valence-corrected chi connectivity index (χ2v) is 7.53. The number of fused-ring (bicyclic) bond motifs is 4. The summed E-state index contributed by atoms with van der Waals surface area (Å²) in [6.45, 7) is 3.34. The highest BCUT2D eigenvalue weighted by Crippen LogP contribution is 2.41. The van der Waals surface area contributed by atoms with Gasteiger partial charge >= 0.3 is 0 Å². The van der Waals surface area contributed by atoms with Crippen molar-refractivity contribution >= 4 is 22.3 Å². The van der Waals surface area contributed by atoms with Crippen LogP contribution in [0.15, 0.2) is 42.5 Å². The summed E-state index contributed by atoms with van der Waals surface area (Å²) in [7, 11) is 4.46. The number of likely N-dealkylation sites (N-methyl/N-ethyl adjacent to an activating group) is 1. The summed E-state index contributed by atoms with van der Waals surface area (Å²) in [4.78, 5) is 4.85. The van der Waals surface area contributed by atoms with E-state index in [1.54, 1.807) is 11.3 Å². The van der Waals surface area contributed by atoms with Crippen LogP contribution in [0.3, 0.4) is 0 Å². The zero-order valence-corrected chi connectivity index (χ0v) is 15.1. The Hall–Kier alpha value is -2.26. The third-order valence-electron chi connectivity index (χ3n) is 6.02. The van der Waals surface area contributed by atoms with E-state index in [-0.39, 0.29) is 0 Å².